The number of rotatable bonds is 14. The molecule has 0 spiro atoms. The summed E-state index contributed by atoms with van der Waals surface area (Å²) in [5.74, 6) is -1.38. The first kappa shape index (κ1) is 29.4. The van der Waals surface area contributed by atoms with Gasteiger partial charge in [-0.2, -0.15) is 0 Å². The zero-order valence-corrected chi connectivity index (χ0v) is 21.8. The van der Waals surface area contributed by atoms with Gasteiger partial charge in [0, 0.05) is 25.0 Å². The second kappa shape index (κ2) is 13.9. The summed E-state index contributed by atoms with van der Waals surface area (Å²) in [6.07, 6.45) is 5.13. The largest absolute Gasteiger partial charge is 0.444 e. The molecular weight excluding hydrogens is 458 g/mol. The van der Waals surface area contributed by atoms with E-state index < -0.39 is 29.7 Å². The van der Waals surface area contributed by atoms with Gasteiger partial charge in [-0.05, 0) is 53.9 Å². The maximum absolute atomic E-state index is 12.4. The van der Waals surface area contributed by atoms with Crippen LogP contribution >= 0.6 is 11.3 Å². The Kier molecular flexibility index (Phi) is 12.1. The minimum atomic E-state index is -0.793. The summed E-state index contributed by atoms with van der Waals surface area (Å²) in [5.41, 5.74) is -0.675. The van der Waals surface area contributed by atoms with Crippen molar-refractivity contribution in [2.45, 2.75) is 97.8 Å². The van der Waals surface area contributed by atoms with E-state index in [1.165, 1.54) is 11.3 Å². The minimum Gasteiger partial charge on any atom is -0.444 e. The van der Waals surface area contributed by atoms with E-state index in [4.69, 9.17) is 4.74 Å². The number of nitrogens with one attached hydrogen (secondary N) is 2. The lowest BCUT2D eigenvalue weighted by atomic mass is 9.99. The van der Waals surface area contributed by atoms with Crippen molar-refractivity contribution in [3.8, 4) is 0 Å². The van der Waals surface area contributed by atoms with Crippen molar-refractivity contribution in [2.24, 2.45) is 5.92 Å². The van der Waals surface area contributed by atoms with Crippen LogP contribution in [0.4, 0.5) is 4.79 Å². The normalized spacial score (nSPS) is 13.9. The molecule has 1 aromatic heterocycles. The molecule has 1 aromatic rings. The van der Waals surface area contributed by atoms with Crippen LogP contribution in [0.25, 0.3) is 0 Å². The predicted octanol–water partition coefficient (Wildman–Crippen LogP) is 3.64. The smallest absolute Gasteiger partial charge is 0.408 e. The van der Waals surface area contributed by atoms with Crippen molar-refractivity contribution >= 4 is 41.2 Å². The molecule has 0 unspecified atom stereocenters. The van der Waals surface area contributed by atoms with E-state index in [0.29, 0.717) is 17.7 Å². The second-order valence-corrected chi connectivity index (χ2v) is 10.6. The Morgan fingerprint density at radius 1 is 1.03 bits per heavy atom. The number of aryl methyl sites for hydroxylation is 1. The van der Waals surface area contributed by atoms with E-state index in [2.05, 4.69) is 15.6 Å². The van der Waals surface area contributed by atoms with E-state index >= 15 is 0 Å². The van der Waals surface area contributed by atoms with Gasteiger partial charge in [-0.15, -0.1) is 11.3 Å². The van der Waals surface area contributed by atoms with Gasteiger partial charge in [-0.3, -0.25) is 19.2 Å². The summed E-state index contributed by atoms with van der Waals surface area (Å²) in [5, 5.41) is 6.06. The van der Waals surface area contributed by atoms with Gasteiger partial charge in [0.1, 0.15) is 5.60 Å². The Hall–Kier alpha value is -2.62. The molecule has 0 saturated carbocycles. The number of aldehydes is 1. The molecule has 0 fully saturated rings. The summed E-state index contributed by atoms with van der Waals surface area (Å²) in [7, 11) is 0. The maximum atomic E-state index is 12.4. The van der Waals surface area contributed by atoms with Crippen LogP contribution in [0.2, 0.25) is 0 Å². The maximum Gasteiger partial charge on any atom is 0.408 e. The van der Waals surface area contributed by atoms with Crippen molar-refractivity contribution in [1.29, 1.82) is 0 Å². The van der Waals surface area contributed by atoms with Crippen LogP contribution in [0, 0.1) is 5.92 Å². The minimum absolute atomic E-state index is 0.0632. The number of hydrogen-bond acceptors (Lipinski definition) is 8. The monoisotopic (exact) mass is 495 g/mol. The summed E-state index contributed by atoms with van der Waals surface area (Å²) < 4.78 is 5.13. The lowest BCUT2D eigenvalue weighted by molar-refractivity contribution is -0.132. The van der Waals surface area contributed by atoms with Gasteiger partial charge >= 0.3 is 6.09 Å². The number of Topliss-reactive ketones (excluding diaryl/α,β-unsaturated/α-hetero) is 2. The zero-order chi connectivity index (χ0) is 25.9. The first-order valence-corrected chi connectivity index (χ1v) is 12.4. The quantitative estimate of drug-likeness (QED) is 0.297. The van der Waals surface area contributed by atoms with Crippen LogP contribution in [0.15, 0.2) is 6.20 Å². The number of aromatic nitrogens is 1. The summed E-state index contributed by atoms with van der Waals surface area (Å²) in [6.45, 7) is 9.96. The summed E-state index contributed by atoms with van der Waals surface area (Å²) in [6, 6.07) is -1.44. The molecule has 0 aliphatic heterocycles. The van der Waals surface area contributed by atoms with Gasteiger partial charge in [0.15, 0.2) is 17.9 Å². The van der Waals surface area contributed by atoms with Crippen LogP contribution in [0.5, 0.6) is 0 Å². The van der Waals surface area contributed by atoms with Crippen LogP contribution < -0.4 is 10.6 Å². The number of carbonyl (C=O) groups is 5. The van der Waals surface area contributed by atoms with E-state index in [-0.39, 0.29) is 23.9 Å². The highest BCUT2D eigenvalue weighted by Crippen LogP contribution is 2.15. The molecule has 0 bridgehead atoms. The van der Waals surface area contributed by atoms with Crippen molar-refractivity contribution < 1.29 is 28.7 Å². The molecule has 1 heterocycles. The molecule has 10 heteroatoms. The van der Waals surface area contributed by atoms with Crippen molar-refractivity contribution in [3.63, 3.8) is 0 Å². The van der Waals surface area contributed by atoms with Gasteiger partial charge < -0.3 is 15.4 Å². The van der Waals surface area contributed by atoms with E-state index in [0.717, 1.165) is 30.6 Å². The number of thiazole rings is 1. The van der Waals surface area contributed by atoms with E-state index in [1.807, 2.05) is 0 Å². The Labute approximate surface area is 205 Å². The molecule has 190 valence electrons. The highest BCUT2D eigenvalue weighted by molar-refractivity contribution is 7.13. The molecule has 2 amide bonds. The third-order valence-corrected chi connectivity index (χ3v) is 6.00. The van der Waals surface area contributed by atoms with Gasteiger partial charge in [-0.1, -0.05) is 13.3 Å². The summed E-state index contributed by atoms with van der Waals surface area (Å²) >= 11 is 1.38. The molecule has 0 aromatic carbocycles. The molecule has 9 nitrogen and oxygen atoms in total. The van der Waals surface area contributed by atoms with Crippen molar-refractivity contribution in [3.05, 3.63) is 16.1 Å². The average Bonchev–Trinajstić information content (AvgIpc) is 3.19. The molecule has 0 aliphatic rings. The van der Waals surface area contributed by atoms with Crippen molar-refractivity contribution in [2.75, 3.05) is 0 Å². The molecule has 3 atom stereocenters. The fraction of sp³-hybridized carbons (Fsp3) is 0.667. The van der Waals surface area contributed by atoms with Gasteiger partial charge in [0.05, 0.1) is 22.0 Å². The zero-order valence-electron chi connectivity index (χ0n) is 20.9. The molecule has 2 N–H and O–H groups in total. The number of ether oxygens (including phenoxy) is 1. The molecule has 0 radical (unpaired) electrons. The SMILES string of the molecule is C[C@H](CC(=O)[C@H](C)NC(=O)OC(C)(C)C)C(=O)N[C@@H](C)C(=O)CCCCCc1ncc(C=O)s1. The summed E-state index contributed by atoms with van der Waals surface area (Å²) in [4.78, 5) is 64.4. The average molecular weight is 496 g/mol. The lowest BCUT2D eigenvalue weighted by Crippen LogP contribution is -2.44. The predicted molar refractivity (Wildman–Crippen MR) is 130 cm³/mol. The van der Waals surface area contributed by atoms with Crippen LogP contribution in [-0.2, 0) is 25.5 Å². The Balaban J connectivity index is 2.31. The van der Waals surface area contributed by atoms with Crippen LogP contribution in [0.1, 0.15) is 88.3 Å². The number of unbranched alkanes of at least 4 members (excludes halogenated alkanes) is 2. The fourth-order valence-electron chi connectivity index (χ4n) is 3.04. The highest BCUT2D eigenvalue weighted by Gasteiger charge is 2.25. The highest BCUT2D eigenvalue weighted by atomic mass is 32.1. The molecule has 0 saturated heterocycles. The number of hydrogen-bond donors (Lipinski definition) is 2. The lowest BCUT2D eigenvalue weighted by Gasteiger charge is -2.22. The van der Waals surface area contributed by atoms with Gasteiger partial charge in [0.2, 0.25) is 5.91 Å². The van der Waals surface area contributed by atoms with Gasteiger partial charge in [0.25, 0.3) is 0 Å². The number of amides is 2. The molecule has 0 aliphatic carbocycles. The van der Waals surface area contributed by atoms with E-state index in [1.54, 1.807) is 47.7 Å². The number of ketones is 2. The first-order valence-electron chi connectivity index (χ1n) is 11.6. The molecular formula is C24H37N3O6S. The fourth-order valence-corrected chi connectivity index (χ4v) is 3.81. The Morgan fingerprint density at radius 2 is 1.68 bits per heavy atom. The number of carbonyl (C=O) groups excluding carboxylic acids is 5. The van der Waals surface area contributed by atoms with Gasteiger partial charge in [-0.25, -0.2) is 9.78 Å². The number of nitrogens with zero attached hydrogens (tertiary/aromatic N) is 1. The van der Waals surface area contributed by atoms with Crippen molar-refractivity contribution in [1.82, 2.24) is 15.6 Å². The van der Waals surface area contributed by atoms with E-state index in [9.17, 15) is 24.0 Å². The third kappa shape index (κ3) is 11.5. The Morgan fingerprint density at radius 3 is 2.26 bits per heavy atom. The third-order valence-electron chi connectivity index (χ3n) is 5.01. The molecule has 34 heavy (non-hydrogen) atoms. The van der Waals surface area contributed by atoms with Crippen LogP contribution in [-0.4, -0.2) is 52.5 Å². The topological polar surface area (TPSA) is 132 Å². The standard InChI is InChI=1S/C24H37N3O6S/c1-15(12-20(30)17(3)27-23(32)33-24(4,5)6)22(31)26-16(2)19(29)10-8-7-9-11-21-25-13-18(14-28)34-21/h13-17H,7-12H2,1-6H3,(H,26,31)(H,27,32)/t15-,16+,17+/m1/s1. The first-order chi connectivity index (χ1) is 15.8. The Bertz CT molecular complexity index is 861. The van der Waals surface area contributed by atoms with Crippen LogP contribution in [0.3, 0.4) is 0 Å². The number of alkyl carbamates (subject to hydrolysis) is 1. The molecule has 1 rings (SSSR count). The second-order valence-electron chi connectivity index (χ2n) is 9.47.